The third-order valence-corrected chi connectivity index (χ3v) is 4.86. The van der Waals surface area contributed by atoms with Gasteiger partial charge in [0, 0.05) is 18.2 Å². The fraction of sp³-hybridized carbons (Fsp3) is 0.333. The van der Waals surface area contributed by atoms with Crippen LogP contribution in [0.4, 0.5) is 0 Å². The van der Waals surface area contributed by atoms with E-state index in [-0.39, 0.29) is 0 Å². The van der Waals surface area contributed by atoms with Crippen LogP contribution >= 0.6 is 0 Å². The van der Waals surface area contributed by atoms with Crippen LogP contribution < -0.4 is 4.74 Å². The number of rotatable bonds is 1. The molecule has 2 aliphatic rings. The molecule has 0 fully saturated rings. The normalized spacial score (nSPS) is 19.8. The third-order valence-electron chi connectivity index (χ3n) is 4.86. The molecule has 0 unspecified atom stereocenters. The summed E-state index contributed by atoms with van der Waals surface area (Å²) >= 11 is 0. The van der Waals surface area contributed by atoms with E-state index < -0.39 is 0 Å². The molecular formula is C18H19NO2. The van der Waals surface area contributed by atoms with Crippen LogP contribution in [-0.4, -0.2) is 30.7 Å². The van der Waals surface area contributed by atoms with Crippen LogP contribution in [0.2, 0.25) is 0 Å². The number of ether oxygens (including phenoxy) is 1. The van der Waals surface area contributed by atoms with E-state index in [1.165, 1.54) is 16.7 Å². The summed E-state index contributed by atoms with van der Waals surface area (Å²) in [5, 5.41) is 10.1. The first-order valence-electron chi connectivity index (χ1n) is 7.41. The summed E-state index contributed by atoms with van der Waals surface area (Å²) in [4.78, 5) is 2.42. The van der Waals surface area contributed by atoms with E-state index in [1.54, 1.807) is 7.11 Å². The van der Waals surface area contributed by atoms with E-state index in [2.05, 4.69) is 24.1 Å². The molecular weight excluding hydrogens is 262 g/mol. The summed E-state index contributed by atoms with van der Waals surface area (Å²) in [6.45, 7) is 1.04. The van der Waals surface area contributed by atoms with Gasteiger partial charge in [0.25, 0.3) is 0 Å². The Morgan fingerprint density at radius 2 is 2.10 bits per heavy atom. The molecule has 108 valence electrons. The number of likely N-dealkylation sites (N-methyl/N-ethyl adjacent to an activating group) is 1. The molecule has 0 aromatic heterocycles. The van der Waals surface area contributed by atoms with Crippen LogP contribution in [0.5, 0.6) is 11.5 Å². The summed E-state index contributed by atoms with van der Waals surface area (Å²) in [6.07, 6.45) is 2.00. The van der Waals surface area contributed by atoms with Gasteiger partial charge in [0.05, 0.1) is 7.11 Å². The molecule has 0 saturated carbocycles. The largest absolute Gasteiger partial charge is 0.508 e. The number of hydrogen-bond acceptors (Lipinski definition) is 3. The Hall–Kier alpha value is -2.00. The van der Waals surface area contributed by atoms with Crippen LogP contribution in [0.25, 0.3) is 11.1 Å². The van der Waals surface area contributed by atoms with Crippen molar-refractivity contribution < 1.29 is 9.84 Å². The number of hydrogen-bond donors (Lipinski definition) is 1. The molecule has 0 bridgehead atoms. The van der Waals surface area contributed by atoms with E-state index in [1.807, 2.05) is 18.2 Å². The molecule has 3 heteroatoms. The summed E-state index contributed by atoms with van der Waals surface area (Å²) in [5.41, 5.74) is 6.25. The van der Waals surface area contributed by atoms with Crippen LogP contribution in [0.15, 0.2) is 30.3 Å². The topological polar surface area (TPSA) is 32.7 Å². The maximum atomic E-state index is 10.1. The highest BCUT2D eigenvalue weighted by atomic mass is 16.5. The van der Waals surface area contributed by atoms with Gasteiger partial charge in [0.1, 0.15) is 11.5 Å². The van der Waals surface area contributed by atoms with Gasteiger partial charge in [-0.15, -0.1) is 0 Å². The zero-order chi connectivity index (χ0) is 14.6. The minimum atomic E-state index is 0.353. The highest BCUT2D eigenvalue weighted by Crippen LogP contribution is 2.49. The molecule has 1 N–H and O–H groups in total. The van der Waals surface area contributed by atoms with Gasteiger partial charge in [-0.3, -0.25) is 4.90 Å². The molecule has 21 heavy (non-hydrogen) atoms. The van der Waals surface area contributed by atoms with E-state index >= 15 is 0 Å². The predicted molar refractivity (Wildman–Crippen MR) is 82.9 cm³/mol. The average Bonchev–Trinajstić information content (AvgIpc) is 2.49. The molecule has 2 aromatic carbocycles. The number of phenols is 1. The second-order valence-electron chi connectivity index (χ2n) is 6.01. The van der Waals surface area contributed by atoms with Crippen molar-refractivity contribution >= 4 is 0 Å². The first kappa shape index (κ1) is 12.7. The van der Waals surface area contributed by atoms with Crippen LogP contribution in [0, 0.1) is 0 Å². The zero-order valence-electron chi connectivity index (χ0n) is 12.4. The van der Waals surface area contributed by atoms with Crippen LogP contribution in [0.3, 0.4) is 0 Å². The smallest absolute Gasteiger partial charge is 0.126 e. The van der Waals surface area contributed by atoms with Crippen LogP contribution in [-0.2, 0) is 12.8 Å². The van der Waals surface area contributed by atoms with Crippen molar-refractivity contribution in [1.82, 2.24) is 4.90 Å². The quantitative estimate of drug-likeness (QED) is 0.871. The first-order valence-corrected chi connectivity index (χ1v) is 7.41. The maximum Gasteiger partial charge on any atom is 0.126 e. The summed E-state index contributed by atoms with van der Waals surface area (Å²) in [5.74, 6) is 1.25. The lowest BCUT2D eigenvalue weighted by atomic mass is 9.77. The zero-order valence-corrected chi connectivity index (χ0v) is 12.4. The van der Waals surface area contributed by atoms with Gasteiger partial charge < -0.3 is 9.84 Å². The molecule has 3 nitrogen and oxygen atoms in total. The van der Waals surface area contributed by atoms with Gasteiger partial charge >= 0.3 is 0 Å². The molecule has 0 radical (unpaired) electrons. The van der Waals surface area contributed by atoms with E-state index in [0.29, 0.717) is 11.8 Å². The number of methoxy groups -OCH3 is 1. The van der Waals surface area contributed by atoms with Crippen molar-refractivity contribution in [3.63, 3.8) is 0 Å². The van der Waals surface area contributed by atoms with Gasteiger partial charge in [-0.1, -0.05) is 12.1 Å². The lowest BCUT2D eigenvalue weighted by molar-refractivity contribution is 0.227. The van der Waals surface area contributed by atoms with Crippen LogP contribution in [0.1, 0.15) is 22.7 Å². The number of benzene rings is 2. The maximum absolute atomic E-state index is 10.1. The fourth-order valence-corrected chi connectivity index (χ4v) is 3.87. The van der Waals surface area contributed by atoms with Crippen molar-refractivity contribution in [1.29, 1.82) is 0 Å². The predicted octanol–water partition coefficient (Wildman–Crippen LogP) is 3.15. The standard InChI is InChI=1S/C18H19NO2/c1-19-7-6-12-8-13(20)10-14-17(12)15(19)9-11-4-3-5-16(21-2)18(11)14/h3-5,8,10,15,20H,6-7,9H2,1-2H3/t15-/m1/s1. The van der Waals surface area contributed by atoms with E-state index in [0.717, 1.165) is 36.3 Å². The van der Waals surface area contributed by atoms with E-state index in [9.17, 15) is 5.11 Å². The Morgan fingerprint density at radius 1 is 1.24 bits per heavy atom. The molecule has 0 spiro atoms. The molecule has 0 amide bonds. The molecule has 1 heterocycles. The number of nitrogens with zero attached hydrogens (tertiary/aromatic N) is 1. The Morgan fingerprint density at radius 3 is 2.90 bits per heavy atom. The third kappa shape index (κ3) is 1.77. The van der Waals surface area contributed by atoms with Gasteiger partial charge in [-0.2, -0.15) is 0 Å². The molecule has 4 rings (SSSR count). The molecule has 1 atom stereocenters. The highest BCUT2D eigenvalue weighted by Gasteiger charge is 2.34. The number of phenolic OH excluding ortho intramolecular Hbond substituents is 1. The van der Waals surface area contributed by atoms with Gasteiger partial charge in [-0.05, 0) is 60.3 Å². The highest BCUT2D eigenvalue weighted by molar-refractivity contribution is 5.81. The summed E-state index contributed by atoms with van der Waals surface area (Å²) in [6, 6.07) is 10.5. The van der Waals surface area contributed by atoms with Gasteiger partial charge in [-0.25, -0.2) is 0 Å². The Balaban J connectivity index is 2.05. The monoisotopic (exact) mass is 281 g/mol. The van der Waals surface area contributed by atoms with Crippen molar-refractivity contribution in [2.75, 3.05) is 20.7 Å². The Bertz CT molecular complexity index is 723. The average molecular weight is 281 g/mol. The fourth-order valence-electron chi connectivity index (χ4n) is 3.87. The molecule has 1 aliphatic carbocycles. The molecule has 1 aliphatic heterocycles. The number of aromatic hydroxyl groups is 1. The van der Waals surface area contributed by atoms with Gasteiger partial charge in [0.2, 0.25) is 0 Å². The Kier molecular flexibility index (Phi) is 2.73. The van der Waals surface area contributed by atoms with Crippen molar-refractivity contribution in [2.45, 2.75) is 18.9 Å². The van der Waals surface area contributed by atoms with Crippen molar-refractivity contribution in [3.8, 4) is 22.6 Å². The van der Waals surface area contributed by atoms with Gasteiger partial charge in [0.15, 0.2) is 0 Å². The molecule has 2 aromatic rings. The first-order chi connectivity index (χ1) is 10.2. The molecule has 0 saturated heterocycles. The summed E-state index contributed by atoms with van der Waals surface area (Å²) < 4.78 is 5.57. The minimum absolute atomic E-state index is 0.353. The lowest BCUT2D eigenvalue weighted by Gasteiger charge is -2.40. The SMILES string of the molecule is COc1cccc2c1-c1cc(O)cc3c1[C@@H](C2)N(C)CC3. The second-order valence-corrected chi connectivity index (χ2v) is 6.01. The Labute approximate surface area is 124 Å². The lowest BCUT2D eigenvalue weighted by Crippen LogP contribution is -2.35. The second kappa shape index (κ2) is 4.50. The number of fused-ring (bicyclic) bond motifs is 2. The van der Waals surface area contributed by atoms with Crippen molar-refractivity contribution in [3.05, 3.63) is 47.0 Å². The van der Waals surface area contributed by atoms with Crippen molar-refractivity contribution in [2.24, 2.45) is 0 Å². The minimum Gasteiger partial charge on any atom is -0.508 e. The summed E-state index contributed by atoms with van der Waals surface area (Å²) in [7, 11) is 3.90. The van der Waals surface area contributed by atoms with E-state index in [4.69, 9.17) is 4.74 Å².